The molecular formula is C25H25N5O4. The first kappa shape index (κ1) is 21.8. The second-order valence-corrected chi connectivity index (χ2v) is 9.03. The van der Waals surface area contributed by atoms with Crippen LogP contribution in [0.3, 0.4) is 0 Å². The molecule has 3 N–H and O–H groups in total. The van der Waals surface area contributed by atoms with Crippen LogP contribution < -0.4 is 10.6 Å². The lowest BCUT2D eigenvalue weighted by Crippen LogP contribution is -2.68. The molecule has 5 rings (SSSR count). The van der Waals surface area contributed by atoms with Gasteiger partial charge in [0.25, 0.3) is 0 Å². The van der Waals surface area contributed by atoms with E-state index in [2.05, 4.69) is 15.6 Å². The van der Waals surface area contributed by atoms with E-state index in [-0.39, 0.29) is 23.2 Å². The number of aromatic nitrogens is 2. The van der Waals surface area contributed by atoms with Gasteiger partial charge in [-0.1, -0.05) is 67.6 Å². The number of nitrogens with zero attached hydrogens (tertiary/aromatic N) is 2. The minimum absolute atomic E-state index is 0.155. The Balaban J connectivity index is 1.55. The van der Waals surface area contributed by atoms with Crippen molar-refractivity contribution in [3.8, 4) is 0 Å². The molecule has 9 heteroatoms. The average Bonchev–Trinajstić information content (AvgIpc) is 3.30. The minimum Gasteiger partial charge on any atom is -0.345 e. The number of imidazole rings is 1. The second kappa shape index (κ2) is 8.74. The lowest BCUT2D eigenvalue weighted by molar-refractivity contribution is -0.536. The number of benzene rings is 2. The zero-order valence-corrected chi connectivity index (χ0v) is 18.5. The van der Waals surface area contributed by atoms with Crippen LogP contribution in [-0.2, 0) is 9.59 Å². The Bertz CT molecular complexity index is 1170. The quantitative estimate of drug-likeness (QED) is 0.306. The van der Waals surface area contributed by atoms with Crippen LogP contribution in [0.15, 0.2) is 66.9 Å². The van der Waals surface area contributed by atoms with E-state index >= 15 is 0 Å². The van der Waals surface area contributed by atoms with E-state index < -0.39 is 35.9 Å². The molecule has 2 amide bonds. The highest BCUT2D eigenvalue weighted by atomic mass is 16.6. The Hall–Kier alpha value is -4.01. The fourth-order valence-corrected chi connectivity index (χ4v) is 5.45. The molecule has 2 aromatic carbocycles. The van der Waals surface area contributed by atoms with E-state index in [1.807, 2.05) is 67.6 Å². The molecule has 1 aromatic heterocycles. The molecule has 1 aliphatic carbocycles. The van der Waals surface area contributed by atoms with Crippen molar-refractivity contribution >= 4 is 11.8 Å². The predicted octanol–water partition coefficient (Wildman–Crippen LogP) is 2.34. The third-order valence-electron chi connectivity index (χ3n) is 7.09. The number of carbonyl (C=O) groups is 2. The second-order valence-electron chi connectivity index (χ2n) is 9.03. The first-order valence-electron chi connectivity index (χ1n) is 11.3. The van der Waals surface area contributed by atoms with E-state index in [1.54, 1.807) is 6.20 Å². The number of rotatable bonds is 5. The van der Waals surface area contributed by atoms with Crippen molar-refractivity contribution in [2.24, 2.45) is 5.92 Å². The smallest absolute Gasteiger partial charge is 0.309 e. The summed E-state index contributed by atoms with van der Waals surface area (Å²) in [6.07, 6.45) is 1.87. The summed E-state index contributed by atoms with van der Waals surface area (Å²) in [6.45, 7) is 1.82. The molecule has 174 valence electrons. The number of nitro groups is 1. The number of aromatic amines is 1. The van der Waals surface area contributed by atoms with Gasteiger partial charge in [-0.15, -0.1) is 0 Å². The highest BCUT2D eigenvalue weighted by Crippen LogP contribution is 2.40. The first-order chi connectivity index (χ1) is 16.4. The maximum absolute atomic E-state index is 12.1. The Labute approximate surface area is 196 Å². The third kappa shape index (κ3) is 3.83. The topological polar surface area (TPSA) is 130 Å². The van der Waals surface area contributed by atoms with E-state index in [4.69, 9.17) is 4.98 Å². The zero-order chi connectivity index (χ0) is 23.8. The van der Waals surface area contributed by atoms with Gasteiger partial charge in [0.15, 0.2) is 0 Å². The van der Waals surface area contributed by atoms with Crippen LogP contribution in [0.4, 0.5) is 0 Å². The number of fused-ring (bicyclic) bond motifs is 1. The highest BCUT2D eigenvalue weighted by molar-refractivity contribution is 6.35. The van der Waals surface area contributed by atoms with Gasteiger partial charge in [-0.2, -0.15) is 0 Å². The lowest BCUT2D eigenvalue weighted by atomic mass is 9.69. The van der Waals surface area contributed by atoms with E-state index in [1.165, 1.54) is 0 Å². The van der Waals surface area contributed by atoms with Gasteiger partial charge in [0, 0.05) is 35.1 Å². The van der Waals surface area contributed by atoms with Gasteiger partial charge < -0.3 is 15.6 Å². The Morgan fingerprint density at radius 1 is 0.971 bits per heavy atom. The van der Waals surface area contributed by atoms with Crippen LogP contribution in [0.2, 0.25) is 0 Å². The number of piperazine rings is 1. The summed E-state index contributed by atoms with van der Waals surface area (Å²) in [4.78, 5) is 43.8. The summed E-state index contributed by atoms with van der Waals surface area (Å²) < 4.78 is 0. The molecule has 2 fully saturated rings. The van der Waals surface area contributed by atoms with Crippen molar-refractivity contribution < 1.29 is 14.5 Å². The molecule has 2 heterocycles. The summed E-state index contributed by atoms with van der Waals surface area (Å²) >= 11 is 0. The van der Waals surface area contributed by atoms with Crippen molar-refractivity contribution in [1.82, 2.24) is 20.6 Å². The third-order valence-corrected chi connectivity index (χ3v) is 7.09. The van der Waals surface area contributed by atoms with Gasteiger partial charge >= 0.3 is 11.8 Å². The Morgan fingerprint density at radius 3 is 2.15 bits per heavy atom. The number of amides is 2. The summed E-state index contributed by atoms with van der Waals surface area (Å²) in [7, 11) is 0. The molecule has 1 aliphatic heterocycles. The van der Waals surface area contributed by atoms with Crippen molar-refractivity contribution in [2.75, 3.05) is 0 Å². The van der Waals surface area contributed by atoms with E-state index in [0.29, 0.717) is 11.5 Å². The molecule has 0 spiro atoms. The van der Waals surface area contributed by atoms with Crippen LogP contribution >= 0.6 is 0 Å². The maximum atomic E-state index is 12.1. The predicted molar refractivity (Wildman–Crippen MR) is 124 cm³/mol. The van der Waals surface area contributed by atoms with Crippen molar-refractivity contribution in [1.29, 1.82) is 0 Å². The Kier molecular flexibility index (Phi) is 5.61. The van der Waals surface area contributed by atoms with Crippen molar-refractivity contribution in [3.05, 3.63) is 99.6 Å². The standard InChI is InChI=1S/C25H25N5O4/c1-14-19(30(33)34)12-17-22(29-25(32)24(31)28-17)20(14)18-13-26-23(27-18)21(15-8-4-2-5-9-15)16-10-6-3-7-11-16/h2-11,13-14,17,19-22H,12H2,1H3,(H,26,27)(H,28,31)(H,29,32). The molecule has 1 saturated carbocycles. The van der Waals surface area contributed by atoms with Gasteiger partial charge in [-0.25, -0.2) is 4.98 Å². The van der Waals surface area contributed by atoms with Crippen LogP contribution in [-0.4, -0.2) is 44.8 Å². The molecule has 5 unspecified atom stereocenters. The SMILES string of the molecule is CC1C(c2cnc(C(c3ccccc3)c3ccccc3)[nH]2)C2NC(=O)C(=O)NC2CC1[N+](=O)[O-]. The van der Waals surface area contributed by atoms with Gasteiger partial charge in [0.2, 0.25) is 6.04 Å². The summed E-state index contributed by atoms with van der Waals surface area (Å²) in [5.74, 6) is -1.71. The van der Waals surface area contributed by atoms with Gasteiger partial charge in [0.1, 0.15) is 5.82 Å². The lowest BCUT2D eigenvalue weighted by Gasteiger charge is -2.44. The van der Waals surface area contributed by atoms with Gasteiger partial charge in [0.05, 0.1) is 18.0 Å². The fourth-order valence-electron chi connectivity index (χ4n) is 5.45. The number of hydrogen-bond acceptors (Lipinski definition) is 5. The maximum Gasteiger partial charge on any atom is 0.309 e. The summed E-state index contributed by atoms with van der Waals surface area (Å²) in [5, 5.41) is 17.3. The molecule has 9 nitrogen and oxygen atoms in total. The molecule has 2 aliphatic rings. The van der Waals surface area contributed by atoms with Gasteiger partial charge in [-0.05, 0) is 11.1 Å². The highest BCUT2D eigenvalue weighted by Gasteiger charge is 2.52. The number of nitrogens with one attached hydrogen (secondary N) is 3. The van der Waals surface area contributed by atoms with Crippen LogP contribution in [0.25, 0.3) is 0 Å². The monoisotopic (exact) mass is 459 g/mol. The first-order valence-corrected chi connectivity index (χ1v) is 11.3. The minimum atomic E-state index is -0.854. The van der Waals surface area contributed by atoms with Crippen LogP contribution in [0, 0.1) is 16.0 Å². The Morgan fingerprint density at radius 2 is 1.56 bits per heavy atom. The largest absolute Gasteiger partial charge is 0.345 e. The average molecular weight is 460 g/mol. The summed E-state index contributed by atoms with van der Waals surface area (Å²) in [6, 6.07) is 18.2. The van der Waals surface area contributed by atoms with Crippen molar-refractivity contribution in [2.45, 2.75) is 43.3 Å². The molecule has 3 aromatic rings. The molecular weight excluding hydrogens is 434 g/mol. The van der Waals surface area contributed by atoms with E-state index in [0.717, 1.165) is 11.1 Å². The molecule has 34 heavy (non-hydrogen) atoms. The van der Waals surface area contributed by atoms with Gasteiger partial charge in [-0.3, -0.25) is 19.7 Å². The zero-order valence-electron chi connectivity index (χ0n) is 18.5. The van der Waals surface area contributed by atoms with Crippen molar-refractivity contribution in [3.63, 3.8) is 0 Å². The number of hydrogen-bond donors (Lipinski definition) is 3. The number of H-pyrrole nitrogens is 1. The van der Waals surface area contributed by atoms with Crippen LogP contribution in [0.1, 0.15) is 47.8 Å². The normalized spacial score (nSPS) is 26.5. The molecule has 0 bridgehead atoms. The molecule has 5 atom stereocenters. The molecule has 0 radical (unpaired) electrons. The fraction of sp³-hybridized carbons (Fsp3) is 0.320. The summed E-state index contributed by atoms with van der Waals surface area (Å²) in [5.41, 5.74) is 2.83. The van der Waals surface area contributed by atoms with Crippen LogP contribution in [0.5, 0.6) is 0 Å². The van der Waals surface area contributed by atoms with E-state index in [9.17, 15) is 19.7 Å². The number of carbonyl (C=O) groups excluding carboxylic acids is 2. The molecule has 1 saturated heterocycles.